The lowest BCUT2D eigenvalue weighted by Gasteiger charge is -2.22. The molecule has 0 aromatic heterocycles. The molecule has 0 amide bonds. The molecule has 98 valence electrons. The van der Waals surface area contributed by atoms with Crippen molar-refractivity contribution < 1.29 is 4.74 Å². The van der Waals surface area contributed by atoms with Crippen LogP contribution in [0.25, 0.3) is 0 Å². The standard InChI is InChI=1S/C16H23NO/c1-4-17-16(13-7-5-6-8-13)14-11-12(2)9-10-15(14)18-3/h7,9-11,16-17H,4-6,8H2,1-3H3. The van der Waals surface area contributed by atoms with Crippen LogP contribution in [0.1, 0.15) is 43.4 Å². The van der Waals surface area contributed by atoms with Crippen LogP contribution in [0, 0.1) is 6.92 Å². The van der Waals surface area contributed by atoms with Gasteiger partial charge in [0.25, 0.3) is 0 Å². The Kier molecular flexibility index (Phi) is 4.43. The van der Waals surface area contributed by atoms with E-state index in [0.717, 1.165) is 12.3 Å². The van der Waals surface area contributed by atoms with E-state index in [9.17, 15) is 0 Å². The number of allylic oxidation sites excluding steroid dienone is 1. The monoisotopic (exact) mass is 245 g/mol. The average molecular weight is 245 g/mol. The molecule has 0 radical (unpaired) electrons. The molecule has 1 unspecified atom stereocenters. The fourth-order valence-electron chi connectivity index (χ4n) is 2.68. The highest BCUT2D eigenvalue weighted by Gasteiger charge is 2.21. The fourth-order valence-corrected chi connectivity index (χ4v) is 2.68. The minimum atomic E-state index is 0.312. The molecule has 2 nitrogen and oxygen atoms in total. The molecule has 2 heteroatoms. The first-order valence-corrected chi connectivity index (χ1v) is 6.83. The summed E-state index contributed by atoms with van der Waals surface area (Å²) in [6.45, 7) is 5.26. The van der Waals surface area contributed by atoms with E-state index < -0.39 is 0 Å². The van der Waals surface area contributed by atoms with Crippen LogP contribution >= 0.6 is 0 Å². The van der Waals surface area contributed by atoms with Gasteiger partial charge in [-0.15, -0.1) is 0 Å². The smallest absolute Gasteiger partial charge is 0.123 e. The second-order valence-corrected chi connectivity index (χ2v) is 4.91. The first-order valence-electron chi connectivity index (χ1n) is 6.83. The fraction of sp³-hybridized carbons (Fsp3) is 0.500. The molecule has 1 aromatic rings. The van der Waals surface area contributed by atoms with Crippen LogP contribution in [0.2, 0.25) is 0 Å². The highest BCUT2D eigenvalue weighted by atomic mass is 16.5. The van der Waals surface area contributed by atoms with Crippen molar-refractivity contribution in [3.63, 3.8) is 0 Å². The summed E-state index contributed by atoms with van der Waals surface area (Å²) in [5.74, 6) is 0.986. The van der Waals surface area contributed by atoms with Crippen molar-refractivity contribution in [3.05, 3.63) is 41.0 Å². The van der Waals surface area contributed by atoms with Gasteiger partial charge in [0.2, 0.25) is 0 Å². The van der Waals surface area contributed by atoms with Gasteiger partial charge in [-0.2, -0.15) is 0 Å². The Labute approximate surface area is 110 Å². The summed E-state index contributed by atoms with van der Waals surface area (Å²) in [6.07, 6.45) is 6.08. The maximum Gasteiger partial charge on any atom is 0.123 e. The third-order valence-corrected chi connectivity index (χ3v) is 3.55. The van der Waals surface area contributed by atoms with Gasteiger partial charge in [0.15, 0.2) is 0 Å². The molecule has 0 fully saturated rings. The number of benzene rings is 1. The van der Waals surface area contributed by atoms with E-state index in [2.05, 4.69) is 43.4 Å². The Balaban J connectivity index is 2.37. The summed E-state index contributed by atoms with van der Waals surface area (Å²) in [4.78, 5) is 0. The molecule has 1 N–H and O–H groups in total. The van der Waals surface area contributed by atoms with Gasteiger partial charge >= 0.3 is 0 Å². The SMILES string of the molecule is CCNC(C1=CCCC1)c1cc(C)ccc1OC. The Hall–Kier alpha value is -1.28. The lowest BCUT2D eigenvalue weighted by Crippen LogP contribution is -2.23. The quantitative estimate of drug-likeness (QED) is 0.797. The summed E-state index contributed by atoms with van der Waals surface area (Å²) in [6, 6.07) is 6.73. The first kappa shape index (κ1) is 13.2. The van der Waals surface area contributed by atoms with E-state index in [1.54, 1.807) is 7.11 Å². The molecule has 0 saturated carbocycles. The molecule has 1 atom stereocenters. The third-order valence-electron chi connectivity index (χ3n) is 3.55. The zero-order chi connectivity index (χ0) is 13.0. The second kappa shape index (κ2) is 6.05. The van der Waals surface area contributed by atoms with Crippen molar-refractivity contribution in [2.24, 2.45) is 0 Å². The maximum atomic E-state index is 5.52. The summed E-state index contributed by atoms with van der Waals surface area (Å²) < 4.78 is 5.52. The molecule has 0 saturated heterocycles. The van der Waals surface area contributed by atoms with Gasteiger partial charge in [-0.1, -0.05) is 36.3 Å². The van der Waals surface area contributed by atoms with Crippen molar-refractivity contribution in [1.29, 1.82) is 0 Å². The third kappa shape index (κ3) is 2.75. The largest absolute Gasteiger partial charge is 0.496 e. The number of nitrogens with one attached hydrogen (secondary N) is 1. The zero-order valence-electron chi connectivity index (χ0n) is 11.6. The van der Waals surface area contributed by atoms with Crippen molar-refractivity contribution in [2.75, 3.05) is 13.7 Å². The van der Waals surface area contributed by atoms with Crippen LogP contribution in [0.4, 0.5) is 0 Å². The number of rotatable bonds is 5. The van der Waals surface area contributed by atoms with Crippen LogP contribution in [0.3, 0.4) is 0 Å². The van der Waals surface area contributed by atoms with Crippen molar-refractivity contribution >= 4 is 0 Å². The maximum absolute atomic E-state index is 5.52. The lowest BCUT2D eigenvalue weighted by atomic mass is 9.95. The Morgan fingerprint density at radius 1 is 1.39 bits per heavy atom. The summed E-state index contributed by atoms with van der Waals surface area (Å²) in [5, 5.41) is 3.59. The Bertz CT molecular complexity index is 437. The average Bonchev–Trinajstić information content (AvgIpc) is 2.89. The molecule has 0 heterocycles. The van der Waals surface area contributed by atoms with Crippen LogP contribution < -0.4 is 10.1 Å². The number of hydrogen-bond donors (Lipinski definition) is 1. The van der Waals surface area contributed by atoms with Gasteiger partial charge in [-0.3, -0.25) is 0 Å². The van der Waals surface area contributed by atoms with E-state index in [-0.39, 0.29) is 0 Å². The predicted molar refractivity (Wildman–Crippen MR) is 76.1 cm³/mol. The number of aryl methyl sites for hydroxylation is 1. The molecule has 18 heavy (non-hydrogen) atoms. The lowest BCUT2D eigenvalue weighted by molar-refractivity contribution is 0.403. The summed E-state index contributed by atoms with van der Waals surface area (Å²) in [5.41, 5.74) is 4.07. The van der Waals surface area contributed by atoms with Crippen molar-refractivity contribution in [3.8, 4) is 5.75 Å². The van der Waals surface area contributed by atoms with Gasteiger partial charge in [-0.25, -0.2) is 0 Å². The van der Waals surface area contributed by atoms with Crippen LogP contribution in [-0.4, -0.2) is 13.7 Å². The second-order valence-electron chi connectivity index (χ2n) is 4.91. The number of ether oxygens (including phenoxy) is 1. The minimum Gasteiger partial charge on any atom is -0.496 e. The number of likely N-dealkylation sites (N-methyl/N-ethyl adjacent to an activating group) is 1. The molecular weight excluding hydrogens is 222 g/mol. The Morgan fingerprint density at radius 2 is 2.22 bits per heavy atom. The van der Waals surface area contributed by atoms with Gasteiger partial charge in [0.1, 0.15) is 5.75 Å². The predicted octanol–water partition coefficient (Wildman–Crippen LogP) is 3.76. The van der Waals surface area contributed by atoms with E-state index in [4.69, 9.17) is 4.74 Å². The van der Waals surface area contributed by atoms with Gasteiger partial charge in [0, 0.05) is 5.56 Å². The molecular formula is C16H23NO. The Morgan fingerprint density at radius 3 is 2.83 bits per heavy atom. The number of methoxy groups -OCH3 is 1. The van der Waals surface area contributed by atoms with Gasteiger partial charge in [-0.05, 0) is 38.8 Å². The first-order chi connectivity index (χ1) is 8.76. The molecule has 2 rings (SSSR count). The zero-order valence-corrected chi connectivity index (χ0v) is 11.6. The minimum absolute atomic E-state index is 0.312. The van der Waals surface area contributed by atoms with Gasteiger partial charge in [0.05, 0.1) is 13.2 Å². The van der Waals surface area contributed by atoms with E-state index >= 15 is 0 Å². The molecule has 0 aliphatic heterocycles. The van der Waals surface area contributed by atoms with Crippen molar-refractivity contribution in [1.82, 2.24) is 5.32 Å². The van der Waals surface area contributed by atoms with Crippen LogP contribution in [0.15, 0.2) is 29.8 Å². The summed E-state index contributed by atoms with van der Waals surface area (Å²) in [7, 11) is 1.75. The van der Waals surface area contributed by atoms with E-state index in [1.165, 1.54) is 36.0 Å². The normalized spacial score (nSPS) is 16.5. The molecule has 0 spiro atoms. The highest BCUT2D eigenvalue weighted by molar-refractivity contribution is 5.43. The summed E-state index contributed by atoms with van der Waals surface area (Å²) >= 11 is 0. The topological polar surface area (TPSA) is 21.3 Å². The van der Waals surface area contributed by atoms with E-state index in [1.807, 2.05) is 0 Å². The molecule has 1 aliphatic carbocycles. The van der Waals surface area contributed by atoms with Crippen molar-refractivity contribution in [2.45, 2.75) is 39.2 Å². The highest BCUT2D eigenvalue weighted by Crippen LogP contribution is 2.35. The van der Waals surface area contributed by atoms with Gasteiger partial charge < -0.3 is 10.1 Å². The molecule has 1 aromatic carbocycles. The van der Waals surface area contributed by atoms with Crippen LogP contribution in [0.5, 0.6) is 5.75 Å². The molecule has 1 aliphatic rings. The van der Waals surface area contributed by atoms with Crippen LogP contribution in [-0.2, 0) is 0 Å². The molecule has 0 bridgehead atoms. The number of hydrogen-bond acceptors (Lipinski definition) is 2. The van der Waals surface area contributed by atoms with E-state index in [0.29, 0.717) is 6.04 Å².